The van der Waals surface area contributed by atoms with Crippen LogP contribution in [-0.2, 0) is 4.79 Å². The molecule has 1 aliphatic rings. The number of aromatic nitrogens is 1. The molecular weight excluding hydrogens is 258 g/mol. The first kappa shape index (κ1) is 14.6. The molecule has 0 saturated carbocycles. The summed E-state index contributed by atoms with van der Waals surface area (Å²) in [7, 11) is 1.61. The van der Waals surface area contributed by atoms with Gasteiger partial charge in [0.25, 0.3) is 0 Å². The smallest absolute Gasteiger partial charge is 0.317 e. The van der Waals surface area contributed by atoms with E-state index in [-0.39, 0.29) is 6.54 Å². The monoisotopic (exact) mass is 279 g/mol. The molecule has 0 radical (unpaired) electrons. The molecule has 2 heterocycles. The molecule has 0 bridgehead atoms. The molecule has 1 aliphatic heterocycles. The molecule has 0 spiro atoms. The summed E-state index contributed by atoms with van der Waals surface area (Å²) >= 11 is 0. The molecule has 1 unspecified atom stereocenters. The van der Waals surface area contributed by atoms with Crippen molar-refractivity contribution in [2.24, 2.45) is 5.92 Å². The Morgan fingerprint density at radius 1 is 1.65 bits per heavy atom. The fourth-order valence-corrected chi connectivity index (χ4v) is 2.56. The van der Waals surface area contributed by atoms with E-state index in [1.54, 1.807) is 13.3 Å². The Labute approximate surface area is 118 Å². The zero-order valence-corrected chi connectivity index (χ0v) is 11.7. The van der Waals surface area contributed by atoms with Gasteiger partial charge in [0.1, 0.15) is 0 Å². The predicted octanol–water partition coefficient (Wildman–Crippen LogP) is 0.981. The summed E-state index contributed by atoms with van der Waals surface area (Å²) in [5.74, 6) is 0.285. The van der Waals surface area contributed by atoms with Crippen molar-refractivity contribution in [3.63, 3.8) is 0 Å². The van der Waals surface area contributed by atoms with E-state index < -0.39 is 5.97 Å². The number of anilines is 1. The molecule has 1 saturated heterocycles. The normalized spacial score (nSPS) is 18.9. The Hall–Kier alpha value is -1.82. The van der Waals surface area contributed by atoms with Gasteiger partial charge < -0.3 is 20.1 Å². The van der Waals surface area contributed by atoms with Gasteiger partial charge >= 0.3 is 5.97 Å². The molecular formula is C14H21N3O3. The van der Waals surface area contributed by atoms with E-state index in [9.17, 15) is 4.79 Å². The summed E-state index contributed by atoms with van der Waals surface area (Å²) < 4.78 is 5.15. The largest absolute Gasteiger partial charge is 0.481 e. The third-order valence-corrected chi connectivity index (χ3v) is 3.52. The summed E-state index contributed by atoms with van der Waals surface area (Å²) in [6.45, 7) is 2.72. The number of ether oxygens (including phenoxy) is 1. The van der Waals surface area contributed by atoms with E-state index in [4.69, 9.17) is 9.84 Å². The van der Waals surface area contributed by atoms with Crippen molar-refractivity contribution in [3.8, 4) is 5.88 Å². The highest BCUT2D eigenvalue weighted by Crippen LogP contribution is 2.24. The number of hydrogen-bond donors (Lipinski definition) is 2. The maximum absolute atomic E-state index is 10.5. The van der Waals surface area contributed by atoms with Crippen molar-refractivity contribution < 1.29 is 14.6 Å². The lowest BCUT2D eigenvalue weighted by molar-refractivity contribution is -0.136. The number of carboxylic acid groups (broad SMARTS) is 1. The lowest BCUT2D eigenvalue weighted by Gasteiger charge is -2.34. The molecule has 1 aromatic rings. The minimum atomic E-state index is -0.809. The maximum Gasteiger partial charge on any atom is 0.317 e. The second kappa shape index (κ2) is 7.09. The predicted molar refractivity (Wildman–Crippen MR) is 76.2 cm³/mol. The van der Waals surface area contributed by atoms with Crippen LogP contribution in [0.1, 0.15) is 12.8 Å². The van der Waals surface area contributed by atoms with Crippen molar-refractivity contribution in [1.82, 2.24) is 10.3 Å². The van der Waals surface area contributed by atoms with Crippen molar-refractivity contribution in [3.05, 3.63) is 18.3 Å². The van der Waals surface area contributed by atoms with Gasteiger partial charge in [0.15, 0.2) is 0 Å². The molecule has 2 rings (SSSR count). The van der Waals surface area contributed by atoms with Crippen LogP contribution in [-0.4, -0.2) is 49.3 Å². The first-order valence-electron chi connectivity index (χ1n) is 6.86. The number of nitrogens with one attached hydrogen (secondary N) is 1. The lowest BCUT2D eigenvalue weighted by Crippen LogP contribution is -2.40. The molecule has 0 aromatic carbocycles. The van der Waals surface area contributed by atoms with Crippen LogP contribution in [0.2, 0.25) is 0 Å². The van der Waals surface area contributed by atoms with Gasteiger partial charge in [-0.25, -0.2) is 4.98 Å². The number of nitrogens with zero attached hydrogens (tertiary/aromatic N) is 2. The highest BCUT2D eigenvalue weighted by Gasteiger charge is 2.20. The topological polar surface area (TPSA) is 74.7 Å². The molecule has 6 heteroatoms. The van der Waals surface area contributed by atoms with Crippen molar-refractivity contribution in [2.75, 3.05) is 38.2 Å². The SMILES string of the molecule is COc1cc(N2CCCC(CNCC(=O)O)C2)ccn1. The van der Waals surface area contributed by atoms with Crippen molar-refractivity contribution in [1.29, 1.82) is 0 Å². The van der Waals surface area contributed by atoms with Crippen molar-refractivity contribution >= 4 is 11.7 Å². The van der Waals surface area contributed by atoms with E-state index in [1.165, 1.54) is 0 Å². The molecule has 20 heavy (non-hydrogen) atoms. The maximum atomic E-state index is 10.5. The Kier molecular flexibility index (Phi) is 5.17. The highest BCUT2D eigenvalue weighted by molar-refractivity contribution is 5.68. The van der Waals surface area contributed by atoms with Gasteiger partial charge in [-0.1, -0.05) is 0 Å². The zero-order valence-electron chi connectivity index (χ0n) is 11.7. The Morgan fingerprint density at radius 2 is 2.50 bits per heavy atom. The number of hydrogen-bond acceptors (Lipinski definition) is 5. The quantitative estimate of drug-likeness (QED) is 0.808. The summed E-state index contributed by atoms with van der Waals surface area (Å²) in [5, 5.41) is 11.6. The van der Waals surface area contributed by atoms with Crippen LogP contribution in [0.25, 0.3) is 0 Å². The molecule has 0 aliphatic carbocycles. The molecule has 6 nitrogen and oxygen atoms in total. The number of rotatable bonds is 6. The van der Waals surface area contributed by atoms with Gasteiger partial charge in [0.05, 0.1) is 13.7 Å². The minimum absolute atomic E-state index is 0.0274. The Bertz CT molecular complexity index is 453. The number of piperidine rings is 1. The van der Waals surface area contributed by atoms with E-state index >= 15 is 0 Å². The Morgan fingerprint density at radius 3 is 3.25 bits per heavy atom. The zero-order chi connectivity index (χ0) is 14.4. The number of methoxy groups -OCH3 is 1. The van der Waals surface area contributed by atoms with E-state index in [2.05, 4.69) is 15.2 Å². The van der Waals surface area contributed by atoms with Gasteiger partial charge in [-0.15, -0.1) is 0 Å². The Balaban J connectivity index is 1.90. The van der Waals surface area contributed by atoms with Gasteiger partial charge in [-0.2, -0.15) is 0 Å². The van der Waals surface area contributed by atoms with Crippen LogP contribution in [0.15, 0.2) is 18.3 Å². The number of carboxylic acids is 1. The van der Waals surface area contributed by atoms with Gasteiger partial charge in [-0.05, 0) is 24.8 Å². The van der Waals surface area contributed by atoms with Crippen LogP contribution in [0.3, 0.4) is 0 Å². The third kappa shape index (κ3) is 4.09. The molecule has 2 N–H and O–H groups in total. The molecule has 0 amide bonds. The standard InChI is InChI=1S/C14H21N3O3/c1-20-13-7-12(4-5-16-13)17-6-2-3-11(10-17)8-15-9-14(18)19/h4-5,7,11,15H,2-3,6,8-10H2,1H3,(H,18,19). The van der Waals surface area contributed by atoms with E-state index in [0.717, 1.165) is 38.2 Å². The fourth-order valence-electron chi connectivity index (χ4n) is 2.56. The molecule has 110 valence electrons. The summed E-state index contributed by atoms with van der Waals surface area (Å²) in [5.41, 5.74) is 1.11. The first-order chi connectivity index (χ1) is 9.69. The van der Waals surface area contributed by atoms with Crippen LogP contribution < -0.4 is 15.0 Å². The first-order valence-corrected chi connectivity index (χ1v) is 6.86. The molecule has 1 atom stereocenters. The summed E-state index contributed by atoms with van der Waals surface area (Å²) in [6, 6.07) is 3.92. The lowest BCUT2D eigenvalue weighted by atomic mass is 9.97. The van der Waals surface area contributed by atoms with Crippen molar-refractivity contribution in [2.45, 2.75) is 12.8 Å². The number of pyridine rings is 1. The molecule has 1 aromatic heterocycles. The van der Waals surface area contributed by atoms with Gasteiger partial charge in [0, 0.05) is 37.6 Å². The second-order valence-corrected chi connectivity index (χ2v) is 5.04. The average Bonchev–Trinajstić information content (AvgIpc) is 2.47. The van der Waals surface area contributed by atoms with E-state index in [1.807, 2.05) is 12.1 Å². The number of aliphatic carboxylic acids is 1. The number of carbonyl (C=O) groups is 1. The van der Waals surface area contributed by atoms with E-state index in [0.29, 0.717) is 11.8 Å². The van der Waals surface area contributed by atoms with Crippen LogP contribution in [0.4, 0.5) is 5.69 Å². The van der Waals surface area contributed by atoms with Crippen LogP contribution in [0, 0.1) is 5.92 Å². The summed E-state index contributed by atoms with van der Waals surface area (Å²) in [4.78, 5) is 16.9. The van der Waals surface area contributed by atoms with Crippen LogP contribution in [0.5, 0.6) is 5.88 Å². The highest BCUT2D eigenvalue weighted by atomic mass is 16.5. The van der Waals surface area contributed by atoms with Gasteiger partial charge in [-0.3, -0.25) is 4.79 Å². The summed E-state index contributed by atoms with van der Waals surface area (Å²) in [6.07, 6.45) is 4.00. The minimum Gasteiger partial charge on any atom is -0.481 e. The van der Waals surface area contributed by atoms with Gasteiger partial charge in [0.2, 0.25) is 5.88 Å². The second-order valence-electron chi connectivity index (χ2n) is 5.04. The fraction of sp³-hybridized carbons (Fsp3) is 0.571. The third-order valence-electron chi connectivity index (χ3n) is 3.52. The average molecular weight is 279 g/mol. The molecule has 1 fully saturated rings. The van der Waals surface area contributed by atoms with Crippen LogP contribution >= 0.6 is 0 Å².